The number of hydrogen-bond donors (Lipinski definition) is 1. The quantitative estimate of drug-likeness (QED) is 0.107. The lowest BCUT2D eigenvalue weighted by atomic mass is 9.94. The van der Waals surface area contributed by atoms with Crippen LogP contribution in [0.15, 0.2) is 95.9 Å². The lowest BCUT2D eigenvalue weighted by molar-refractivity contribution is -0.385. The van der Waals surface area contributed by atoms with E-state index in [9.17, 15) is 28.1 Å². The van der Waals surface area contributed by atoms with Crippen molar-refractivity contribution in [2.75, 3.05) is 18.0 Å². The van der Waals surface area contributed by atoms with Crippen molar-refractivity contribution in [1.82, 2.24) is 10.2 Å². The van der Waals surface area contributed by atoms with E-state index in [1.165, 1.54) is 49.3 Å². The molecular formula is C39H43ClN4O7S. The van der Waals surface area contributed by atoms with E-state index in [1.807, 2.05) is 61.5 Å². The highest BCUT2D eigenvalue weighted by Crippen LogP contribution is 2.36. The normalized spacial score (nSPS) is 13.9. The molecule has 13 heteroatoms. The number of benzene rings is 4. The van der Waals surface area contributed by atoms with Gasteiger partial charge in [0.2, 0.25) is 11.8 Å². The Labute approximate surface area is 309 Å². The zero-order valence-electron chi connectivity index (χ0n) is 29.5. The van der Waals surface area contributed by atoms with Gasteiger partial charge in [0.15, 0.2) is 0 Å². The Bertz CT molecular complexity index is 2020. The summed E-state index contributed by atoms with van der Waals surface area (Å²) < 4.78 is 35.5. The molecule has 0 aliphatic heterocycles. The number of carbonyl (C=O) groups excluding carboxylic acids is 2. The molecule has 4 aromatic carbocycles. The van der Waals surface area contributed by atoms with Crippen molar-refractivity contribution >= 4 is 44.8 Å². The molecule has 274 valence electrons. The molecule has 0 radical (unpaired) electrons. The number of nitrogens with zero attached hydrogens (tertiary/aromatic N) is 3. The first-order valence-corrected chi connectivity index (χ1v) is 19.0. The Morgan fingerprint density at radius 3 is 2.31 bits per heavy atom. The predicted molar refractivity (Wildman–Crippen MR) is 201 cm³/mol. The first kappa shape index (κ1) is 38.3. The van der Waals surface area contributed by atoms with E-state index >= 15 is 0 Å². The summed E-state index contributed by atoms with van der Waals surface area (Å²) in [5, 5.41) is 15.2. The van der Waals surface area contributed by atoms with Crippen LogP contribution in [-0.4, -0.2) is 55.8 Å². The van der Waals surface area contributed by atoms with E-state index in [0.29, 0.717) is 0 Å². The van der Waals surface area contributed by atoms with E-state index in [1.54, 1.807) is 0 Å². The standard InChI is InChI=1S/C39H43ClN4O7S/c1-27-12-10-11-15-30(27)25-42(36(22-29-13-6-4-7-14-29)39(46)41-32-16-8-5-9-17-32)38(45)26-43(35-23-31(40)19-21-37(35)51-3)52(49,50)33-20-18-28(2)34(24-33)44(47)48/h4,6-7,10-15,18-21,23-24,32,36H,5,8-9,16-17,22,25-26H2,1-3H3,(H,41,46)/t36-/m0/s1. The highest BCUT2D eigenvalue weighted by atomic mass is 35.5. The molecule has 1 atom stereocenters. The third-order valence-corrected chi connectivity index (χ3v) is 11.5. The number of aryl methyl sites for hydroxylation is 2. The summed E-state index contributed by atoms with van der Waals surface area (Å²) in [5.74, 6) is -0.902. The molecule has 52 heavy (non-hydrogen) atoms. The minimum Gasteiger partial charge on any atom is -0.495 e. The van der Waals surface area contributed by atoms with Crippen LogP contribution < -0.4 is 14.4 Å². The minimum absolute atomic E-state index is 0.0116. The van der Waals surface area contributed by atoms with Gasteiger partial charge in [-0.05, 0) is 67.6 Å². The molecule has 1 saturated carbocycles. The molecule has 0 spiro atoms. The summed E-state index contributed by atoms with van der Waals surface area (Å²) >= 11 is 6.39. The molecule has 1 aliphatic carbocycles. The number of anilines is 1. The zero-order valence-corrected chi connectivity index (χ0v) is 31.0. The van der Waals surface area contributed by atoms with Gasteiger partial charge in [0, 0.05) is 35.7 Å². The first-order chi connectivity index (χ1) is 24.9. The van der Waals surface area contributed by atoms with Crippen LogP contribution >= 0.6 is 11.6 Å². The second-order valence-corrected chi connectivity index (χ2v) is 15.3. The number of rotatable bonds is 14. The lowest BCUT2D eigenvalue weighted by Crippen LogP contribution is -2.55. The summed E-state index contributed by atoms with van der Waals surface area (Å²) in [5.41, 5.74) is 2.32. The lowest BCUT2D eigenvalue weighted by Gasteiger charge is -2.35. The van der Waals surface area contributed by atoms with Gasteiger partial charge >= 0.3 is 0 Å². The van der Waals surface area contributed by atoms with Gasteiger partial charge in [0.05, 0.1) is 22.6 Å². The average Bonchev–Trinajstić information content (AvgIpc) is 3.13. The highest BCUT2D eigenvalue weighted by molar-refractivity contribution is 7.92. The first-order valence-electron chi connectivity index (χ1n) is 17.2. The molecule has 0 heterocycles. The summed E-state index contributed by atoms with van der Waals surface area (Å²) in [6.45, 7) is 2.65. The van der Waals surface area contributed by atoms with Crippen molar-refractivity contribution in [1.29, 1.82) is 0 Å². The van der Waals surface area contributed by atoms with E-state index in [0.717, 1.165) is 59.2 Å². The van der Waals surface area contributed by atoms with Crippen LogP contribution in [-0.2, 0) is 32.6 Å². The molecule has 0 unspecified atom stereocenters. The van der Waals surface area contributed by atoms with E-state index in [2.05, 4.69) is 5.32 Å². The van der Waals surface area contributed by atoms with Crippen LogP contribution in [0.1, 0.15) is 54.4 Å². The van der Waals surface area contributed by atoms with Crippen LogP contribution in [0, 0.1) is 24.0 Å². The van der Waals surface area contributed by atoms with E-state index in [4.69, 9.17) is 16.3 Å². The number of halogens is 1. The van der Waals surface area contributed by atoms with Crippen molar-refractivity contribution in [2.24, 2.45) is 0 Å². The second-order valence-electron chi connectivity index (χ2n) is 13.0. The fourth-order valence-corrected chi connectivity index (χ4v) is 8.12. The fraction of sp³-hybridized carbons (Fsp3) is 0.333. The maximum absolute atomic E-state index is 14.9. The number of ether oxygens (including phenoxy) is 1. The average molecular weight is 747 g/mol. The number of hydrogen-bond acceptors (Lipinski definition) is 7. The Kier molecular flexibility index (Phi) is 12.6. The van der Waals surface area contributed by atoms with Crippen LogP contribution in [0.4, 0.5) is 11.4 Å². The van der Waals surface area contributed by atoms with Crippen LogP contribution in [0.25, 0.3) is 0 Å². The Morgan fingerprint density at radius 1 is 0.942 bits per heavy atom. The van der Waals surface area contributed by atoms with Gasteiger partial charge in [0.1, 0.15) is 18.3 Å². The number of nitrogens with one attached hydrogen (secondary N) is 1. The molecule has 0 aromatic heterocycles. The molecule has 1 aliphatic rings. The molecular weight excluding hydrogens is 704 g/mol. The van der Waals surface area contributed by atoms with Gasteiger partial charge in [-0.25, -0.2) is 8.42 Å². The van der Waals surface area contributed by atoms with Gasteiger partial charge < -0.3 is 15.0 Å². The van der Waals surface area contributed by atoms with Gasteiger partial charge in [-0.1, -0.05) is 91.5 Å². The molecule has 0 bridgehead atoms. The van der Waals surface area contributed by atoms with Crippen LogP contribution in [0.2, 0.25) is 5.02 Å². The van der Waals surface area contributed by atoms with Crippen molar-refractivity contribution in [2.45, 2.75) is 75.9 Å². The third kappa shape index (κ3) is 9.10. The number of nitro benzene ring substituents is 1. The molecule has 1 N–H and O–H groups in total. The minimum atomic E-state index is -4.67. The number of sulfonamides is 1. The Hall–Kier alpha value is -4.94. The predicted octanol–water partition coefficient (Wildman–Crippen LogP) is 7.16. The molecule has 11 nitrogen and oxygen atoms in total. The maximum Gasteiger partial charge on any atom is 0.273 e. The van der Waals surface area contributed by atoms with Gasteiger partial charge in [-0.2, -0.15) is 0 Å². The third-order valence-electron chi connectivity index (χ3n) is 9.48. The number of carbonyl (C=O) groups is 2. The summed E-state index contributed by atoms with van der Waals surface area (Å²) in [7, 11) is -3.32. The summed E-state index contributed by atoms with van der Waals surface area (Å²) in [6.07, 6.45) is 4.92. The van der Waals surface area contributed by atoms with Gasteiger partial charge in [-0.15, -0.1) is 0 Å². The molecule has 1 fully saturated rings. The zero-order chi connectivity index (χ0) is 37.4. The topological polar surface area (TPSA) is 139 Å². The van der Waals surface area contributed by atoms with Crippen LogP contribution in [0.3, 0.4) is 0 Å². The van der Waals surface area contributed by atoms with Crippen molar-refractivity contribution in [3.63, 3.8) is 0 Å². The molecule has 4 aromatic rings. The Balaban J connectivity index is 1.64. The van der Waals surface area contributed by atoms with Crippen molar-refractivity contribution < 1.29 is 27.7 Å². The Morgan fingerprint density at radius 2 is 1.63 bits per heavy atom. The number of amides is 2. The summed E-state index contributed by atoms with van der Waals surface area (Å²) in [6, 6.07) is 23.7. The fourth-order valence-electron chi connectivity index (χ4n) is 6.51. The molecule has 0 saturated heterocycles. The molecule has 2 amide bonds. The number of methoxy groups -OCH3 is 1. The van der Waals surface area contributed by atoms with E-state index in [-0.39, 0.29) is 46.9 Å². The number of nitro groups is 1. The second kappa shape index (κ2) is 17.1. The smallest absolute Gasteiger partial charge is 0.273 e. The monoisotopic (exact) mass is 746 g/mol. The van der Waals surface area contributed by atoms with Gasteiger partial charge in [-0.3, -0.25) is 24.0 Å². The highest BCUT2D eigenvalue weighted by Gasteiger charge is 2.37. The van der Waals surface area contributed by atoms with Crippen LogP contribution in [0.5, 0.6) is 5.75 Å². The SMILES string of the molecule is COc1ccc(Cl)cc1N(CC(=O)N(Cc1ccccc1C)[C@@H](Cc1ccccc1)C(=O)NC1CCCCC1)S(=O)(=O)c1ccc(C)c([N+](=O)[O-])c1. The van der Waals surface area contributed by atoms with E-state index < -0.39 is 44.0 Å². The van der Waals surface area contributed by atoms with Gasteiger partial charge in [0.25, 0.3) is 15.7 Å². The molecule has 5 rings (SSSR count). The van der Waals surface area contributed by atoms with Crippen molar-refractivity contribution in [3.8, 4) is 5.75 Å². The maximum atomic E-state index is 14.9. The summed E-state index contributed by atoms with van der Waals surface area (Å²) in [4.78, 5) is 41.5. The largest absolute Gasteiger partial charge is 0.495 e. The van der Waals surface area contributed by atoms with Crippen molar-refractivity contribution in [3.05, 3.63) is 128 Å².